The first kappa shape index (κ1) is 18.9. The fourth-order valence-electron chi connectivity index (χ4n) is 4.88. The lowest BCUT2D eigenvalue weighted by molar-refractivity contribution is -0.149. The van der Waals surface area contributed by atoms with E-state index in [1.807, 2.05) is 18.2 Å². The Bertz CT molecular complexity index is 628. The molecule has 0 bridgehead atoms. The predicted octanol–water partition coefficient (Wildman–Crippen LogP) is 1.97. The van der Waals surface area contributed by atoms with Gasteiger partial charge in [0, 0.05) is 64.6 Å². The number of ether oxygens (including phenoxy) is 1. The summed E-state index contributed by atoms with van der Waals surface area (Å²) in [6, 6.07) is 11.5. The number of amides is 1. The lowest BCUT2D eigenvalue weighted by Crippen LogP contribution is -2.67. The molecule has 0 radical (unpaired) electrons. The number of benzene rings is 1. The molecule has 0 atom stereocenters. The van der Waals surface area contributed by atoms with Crippen LogP contribution in [0.1, 0.15) is 32.3 Å². The number of hydrogen-bond acceptors (Lipinski definition) is 4. The van der Waals surface area contributed by atoms with Gasteiger partial charge in [0.15, 0.2) is 0 Å². The summed E-state index contributed by atoms with van der Waals surface area (Å²) in [4.78, 5) is 20.7. The van der Waals surface area contributed by atoms with Crippen LogP contribution in [0, 0.1) is 0 Å². The van der Waals surface area contributed by atoms with Crippen molar-refractivity contribution >= 4 is 5.91 Å². The highest BCUT2D eigenvalue weighted by atomic mass is 16.5. The van der Waals surface area contributed by atoms with Crippen LogP contribution in [0.15, 0.2) is 30.3 Å². The Hall–Kier alpha value is -1.43. The molecule has 0 N–H and O–H groups in total. The van der Waals surface area contributed by atoms with Gasteiger partial charge in [-0.15, -0.1) is 0 Å². The second kappa shape index (κ2) is 7.90. The molecule has 0 aliphatic carbocycles. The first-order valence-corrected chi connectivity index (χ1v) is 10.5. The van der Waals surface area contributed by atoms with Gasteiger partial charge in [0.25, 0.3) is 0 Å². The highest BCUT2D eigenvalue weighted by Crippen LogP contribution is 2.38. The van der Waals surface area contributed by atoms with Crippen molar-refractivity contribution in [1.29, 1.82) is 0 Å². The summed E-state index contributed by atoms with van der Waals surface area (Å²) in [5.74, 6) is 0.314. The molecule has 1 amide bonds. The number of rotatable bonds is 4. The van der Waals surface area contributed by atoms with Gasteiger partial charge < -0.3 is 9.64 Å². The zero-order chi connectivity index (χ0) is 18.9. The van der Waals surface area contributed by atoms with E-state index in [2.05, 4.69) is 40.7 Å². The Morgan fingerprint density at radius 3 is 2.26 bits per heavy atom. The van der Waals surface area contributed by atoms with Crippen LogP contribution in [0.2, 0.25) is 0 Å². The molecule has 0 saturated carbocycles. The van der Waals surface area contributed by atoms with Crippen LogP contribution in [0.5, 0.6) is 0 Å². The van der Waals surface area contributed by atoms with Crippen molar-refractivity contribution in [3.05, 3.63) is 35.9 Å². The van der Waals surface area contributed by atoms with Gasteiger partial charge in [0.1, 0.15) is 0 Å². The van der Waals surface area contributed by atoms with E-state index < -0.39 is 0 Å². The van der Waals surface area contributed by atoms with Crippen LogP contribution in [0.4, 0.5) is 0 Å². The summed E-state index contributed by atoms with van der Waals surface area (Å²) in [6.45, 7) is 12.2. The van der Waals surface area contributed by atoms with Crippen molar-refractivity contribution in [3.8, 4) is 0 Å². The summed E-state index contributed by atoms with van der Waals surface area (Å²) in [5.41, 5.74) is 0.771. The predicted molar refractivity (Wildman–Crippen MR) is 107 cm³/mol. The van der Waals surface area contributed by atoms with Gasteiger partial charge in [-0.1, -0.05) is 30.3 Å². The molecule has 3 aliphatic rings. The molecule has 27 heavy (non-hydrogen) atoms. The van der Waals surface area contributed by atoms with Crippen molar-refractivity contribution in [2.45, 2.75) is 44.2 Å². The third kappa shape index (κ3) is 3.65. The van der Waals surface area contributed by atoms with Crippen molar-refractivity contribution in [2.24, 2.45) is 0 Å². The summed E-state index contributed by atoms with van der Waals surface area (Å²) >= 11 is 0. The van der Waals surface area contributed by atoms with Crippen LogP contribution in [0.3, 0.4) is 0 Å². The van der Waals surface area contributed by atoms with Gasteiger partial charge in [0.2, 0.25) is 5.91 Å². The Morgan fingerprint density at radius 2 is 1.67 bits per heavy atom. The van der Waals surface area contributed by atoms with Gasteiger partial charge in [-0.3, -0.25) is 14.6 Å². The standard InChI is InChI=1S/C22H33N3O2/c1-18(2)23-10-12-24(13-11-23)20-16-25(17-20)21(26)22(8-14-27-15-9-22)19-6-4-3-5-7-19/h3-7,18,20H,8-17H2,1-2H3. The smallest absolute Gasteiger partial charge is 0.233 e. The minimum atomic E-state index is -0.388. The molecule has 0 spiro atoms. The Labute approximate surface area is 163 Å². The molecule has 3 heterocycles. The molecule has 5 nitrogen and oxygen atoms in total. The Kier molecular flexibility index (Phi) is 5.53. The van der Waals surface area contributed by atoms with Crippen molar-refractivity contribution in [3.63, 3.8) is 0 Å². The molecule has 148 valence electrons. The van der Waals surface area contributed by atoms with Crippen LogP contribution in [0.25, 0.3) is 0 Å². The van der Waals surface area contributed by atoms with Crippen molar-refractivity contribution in [2.75, 3.05) is 52.5 Å². The molecule has 1 aromatic rings. The third-order valence-corrected chi connectivity index (χ3v) is 6.83. The highest BCUT2D eigenvalue weighted by molar-refractivity contribution is 5.89. The number of hydrogen-bond donors (Lipinski definition) is 0. The Balaban J connectivity index is 1.39. The first-order chi connectivity index (χ1) is 13.1. The highest BCUT2D eigenvalue weighted by Gasteiger charge is 2.47. The maximum Gasteiger partial charge on any atom is 0.233 e. The average Bonchev–Trinajstić information content (AvgIpc) is 2.68. The molecule has 3 aliphatic heterocycles. The second-order valence-electron chi connectivity index (χ2n) is 8.59. The summed E-state index contributed by atoms with van der Waals surface area (Å²) in [7, 11) is 0. The molecule has 4 rings (SSSR count). The third-order valence-electron chi connectivity index (χ3n) is 6.83. The summed E-state index contributed by atoms with van der Waals surface area (Å²) < 4.78 is 5.59. The summed E-state index contributed by atoms with van der Waals surface area (Å²) in [6.07, 6.45) is 1.59. The van der Waals surface area contributed by atoms with Crippen LogP contribution >= 0.6 is 0 Å². The van der Waals surface area contributed by atoms with Gasteiger partial charge in [-0.05, 0) is 32.3 Å². The van der Waals surface area contributed by atoms with E-state index >= 15 is 0 Å². The quantitative estimate of drug-likeness (QED) is 0.811. The first-order valence-electron chi connectivity index (χ1n) is 10.5. The van der Waals surface area contributed by atoms with Gasteiger partial charge in [-0.25, -0.2) is 0 Å². The molecule has 0 aromatic heterocycles. The molecular weight excluding hydrogens is 338 g/mol. The maximum atomic E-state index is 13.5. The van der Waals surface area contributed by atoms with Gasteiger partial charge in [-0.2, -0.15) is 0 Å². The zero-order valence-corrected chi connectivity index (χ0v) is 16.8. The number of likely N-dealkylation sites (tertiary alicyclic amines) is 1. The van der Waals surface area contributed by atoms with E-state index in [-0.39, 0.29) is 5.41 Å². The molecule has 0 unspecified atom stereocenters. The van der Waals surface area contributed by atoms with Crippen LogP contribution in [-0.4, -0.2) is 85.2 Å². The lowest BCUT2D eigenvalue weighted by atomic mass is 9.72. The minimum absolute atomic E-state index is 0.314. The van der Waals surface area contributed by atoms with Crippen LogP contribution in [-0.2, 0) is 14.9 Å². The van der Waals surface area contributed by atoms with Gasteiger partial charge in [0.05, 0.1) is 5.41 Å². The van der Waals surface area contributed by atoms with E-state index in [9.17, 15) is 4.79 Å². The van der Waals surface area contributed by atoms with Gasteiger partial charge >= 0.3 is 0 Å². The zero-order valence-electron chi connectivity index (χ0n) is 16.8. The van der Waals surface area contributed by atoms with E-state index in [0.29, 0.717) is 31.2 Å². The SMILES string of the molecule is CC(C)N1CCN(C2CN(C(=O)C3(c4ccccc4)CCOCC3)C2)CC1. The van der Waals surface area contributed by atoms with E-state index in [4.69, 9.17) is 4.74 Å². The molecule has 1 aromatic carbocycles. The molecule has 3 saturated heterocycles. The average molecular weight is 372 g/mol. The van der Waals surface area contributed by atoms with E-state index in [1.54, 1.807) is 0 Å². The molecule has 3 fully saturated rings. The normalized spacial score (nSPS) is 24.8. The monoisotopic (exact) mass is 371 g/mol. The largest absolute Gasteiger partial charge is 0.381 e. The molecule has 5 heteroatoms. The summed E-state index contributed by atoms with van der Waals surface area (Å²) in [5, 5.41) is 0. The van der Waals surface area contributed by atoms with Crippen molar-refractivity contribution < 1.29 is 9.53 Å². The van der Waals surface area contributed by atoms with E-state index in [1.165, 1.54) is 0 Å². The van der Waals surface area contributed by atoms with Crippen molar-refractivity contribution in [1.82, 2.24) is 14.7 Å². The topological polar surface area (TPSA) is 36.0 Å². The fourth-order valence-corrected chi connectivity index (χ4v) is 4.88. The maximum absolute atomic E-state index is 13.5. The van der Waals surface area contributed by atoms with Crippen LogP contribution < -0.4 is 0 Å². The number of carbonyl (C=O) groups excluding carboxylic acids is 1. The minimum Gasteiger partial charge on any atom is -0.381 e. The second-order valence-corrected chi connectivity index (χ2v) is 8.59. The number of carbonyl (C=O) groups is 1. The number of nitrogens with zero attached hydrogens (tertiary/aromatic N) is 3. The lowest BCUT2D eigenvalue weighted by Gasteiger charge is -2.51. The molecular formula is C22H33N3O2. The number of piperazine rings is 1. The Morgan fingerprint density at radius 1 is 1.04 bits per heavy atom. The van der Waals surface area contributed by atoms with E-state index in [0.717, 1.165) is 57.7 Å². The fraction of sp³-hybridized carbons (Fsp3) is 0.682.